The molecule has 3 N–H and O–H groups in total. The van der Waals surface area contributed by atoms with Crippen LogP contribution in [0.25, 0.3) is 0 Å². The largest absolute Gasteiger partial charge is 0.466 e. The second-order valence-corrected chi connectivity index (χ2v) is 22.1. The average Bonchev–Trinajstić information content (AvgIpc) is 3.35. The molecule has 0 aliphatic heterocycles. The van der Waals surface area contributed by atoms with Crippen molar-refractivity contribution in [2.45, 2.75) is 379 Å². The van der Waals surface area contributed by atoms with E-state index in [2.05, 4.69) is 19.2 Å². The van der Waals surface area contributed by atoms with Gasteiger partial charge in [0.15, 0.2) is 0 Å². The van der Waals surface area contributed by atoms with E-state index in [0.717, 1.165) is 38.5 Å². The summed E-state index contributed by atoms with van der Waals surface area (Å²) in [5, 5.41) is 23.2. The number of hydrogen-bond donors (Lipinski definition) is 3. The van der Waals surface area contributed by atoms with E-state index in [9.17, 15) is 19.8 Å². The predicted molar refractivity (Wildman–Crippen MR) is 301 cm³/mol. The molecule has 0 heterocycles. The van der Waals surface area contributed by atoms with Gasteiger partial charge >= 0.3 is 5.97 Å². The van der Waals surface area contributed by atoms with Crippen molar-refractivity contribution >= 4 is 11.9 Å². The number of ether oxygens (including phenoxy) is 1. The Kier molecular flexibility index (Phi) is 58.4. The van der Waals surface area contributed by atoms with E-state index in [1.165, 1.54) is 295 Å². The molecule has 0 spiro atoms. The third-order valence-electron chi connectivity index (χ3n) is 15.2. The number of hydrogen-bond acceptors (Lipinski definition) is 5. The smallest absolute Gasteiger partial charge is 0.305 e. The lowest BCUT2D eigenvalue weighted by Gasteiger charge is -2.22. The molecule has 0 fully saturated rings. The highest BCUT2D eigenvalue weighted by atomic mass is 16.5. The SMILES string of the molecule is CCCCCCCCCCCCCCCCCCC(=O)OCCCCCCCCCCCCCCCCCCCCCCCCCCCC(=O)NC(CO)C(O)CCCCCCCCCCCCC. The van der Waals surface area contributed by atoms with Gasteiger partial charge in [-0.1, -0.05) is 328 Å². The van der Waals surface area contributed by atoms with Crippen LogP contribution in [0.2, 0.25) is 0 Å². The van der Waals surface area contributed by atoms with Crippen molar-refractivity contribution in [3.8, 4) is 0 Å². The zero-order valence-corrected chi connectivity index (χ0v) is 47.1. The van der Waals surface area contributed by atoms with E-state index >= 15 is 0 Å². The van der Waals surface area contributed by atoms with Crippen LogP contribution in [0.15, 0.2) is 0 Å². The summed E-state index contributed by atoms with van der Waals surface area (Å²) < 4.78 is 5.50. The lowest BCUT2D eigenvalue weighted by Crippen LogP contribution is -2.45. The number of unbranched alkanes of at least 4 members (excludes halogenated alkanes) is 49. The topological polar surface area (TPSA) is 95.9 Å². The Morgan fingerprint density at radius 1 is 0.348 bits per heavy atom. The maximum absolute atomic E-state index is 12.4. The Labute approximate surface area is 432 Å². The minimum Gasteiger partial charge on any atom is -0.466 e. The van der Waals surface area contributed by atoms with E-state index in [4.69, 9.17) is 4.74 Å². The van der Waals surface area contributed by atoms with Gasteiger partial charge in [-0.2, -0.15) is 0 Å². The van der Waals surface area contributed by atoms with Gasteiger partial charge in [-0.25, -0.2) is 0 Å². The van der Waals surface area contributed by atoms with Crippen molar-refractivity contribution in [1.82, 2.24) is 5.32 Å². The number of nitrogens with one attached hydrogen (secondary N) is 1. The van der Waals surface area contributed by atoms with Crippen LogP contribution in [0.3, 0.4) is 0 Å². The van der Waals surface area contributed by atoms with Crippen LogP contribution in [0, 0.1) is 0 Å². The van der Waals surface area contributed by atoms with E-state index in [1.807, 2.05) is 0 Å². The van der Waals surface area contributed by atoms with Gasteiger partial charge in [-0.3, -0.25) is 9.59 Å². The number of carbonyl (C=O) groups is 2. The van der Waals surface area contributed by atoms with Crippen molar-refractivity contribution in [2.24, 2.45) is 0 Å². The lowest BCUT2D eigenvalue weighted by molar-refractivity contribution is -0.143. The molecule has 0 aliphatic rings. The van der Waals surface area contributed by atoms with Crippen molar-refractivity contribution in [1.29, 1.82) is 0 Å². The summed E-state index contributed by atoms with van der Waals surface area (Å²) in [6, 6.07) is -0.537. The summed E-state index contributed by atoms with van der Waals surface area (Å²) >= 11 is 0. The van der Waals surface area contributed by atoms with Crippen molar-refractivity contribution in [2.75, 3.05) is 13.2 Å². The molecule has 0 bridgehead atoms. The molecule has 0 rings (SSSR count). The Balaban J connectivity index is 3.31. The van der Waals surface area contributed by atoms with E-state index in [1.54, 1.807) is 0 Å². The van der Waals surface area contributed by atoms with Crippen LogP contribution in [0.1, 0.15) is 367 Å². The fourth-order valence-corrected chi connectivity index (χ4v) is 10.3. The molecular weight excluding hydrogens is 851 g/mol. The van der Waals surface area contributed by atoms with Crippen LogP contribution in [0.4, 0.5) is 0 Å². The molecule has 0 radical (unpaired) electrons. The first-order valence-electron chi connectivity index (χ1n) is 31.8. The zero-order valence-electron chi connectivity index (χ0n) is 47.1. The van der Waals surface area contributed by atoms with Crippen molar-refractivity contribution in [3.63, 3.8) is 0 Å². The Bertz CT molecular complexity index is 990. The van der Waals surface area contributed by atoms with Crippen molar-refractivity contribution in [3.05, 3.63) is 0 Å². The van der Waals surface area contributed by atoms with Gasteiger partial charge < -0.3 is 20.3 Å². The molecule has 69 heavy (non-hydrogen) atoms. The first-order chi connectivity index (χ1) is 34.0. The molecule has 0 aliphatic carbocycles. The highest BCUT2D eigenvalue weighted by Gasteiger charge is 2.20. The number of esters is 1. The molecule has 6 heteroatoms. The highest BCUT2D eigenvalue weighted by molar-refractivity contribution is 5.76. The van der Waals surface area contributed by atoms with E-state index < -0.39 is 12.1 Å². The highest BCUT2D eigenvalue weighted by Crippen LogP contribution is 2.19. The average molecular weight is 977 g/mol. The quantitative estimate of drug-likeness (QED) is 0.0417. The maximum atomic E-state index is 12.4. The molecule has 0 aromatic carbocycles. The first-order valence-corrected chi connectivity index (χ1v) is 31.8. The van der Waals surface area contributed by atoms with Gasteiger partial charge in [-0.15, -0.1) is 0 Å². The number of aliphatic hydroxyl groups is 2. The fraction of sp³-hybridized carbons (Fsp3) is 0.968. The minimum absolute atomic E-state index is 0.0208. The third-order valence-corrected chi connectivity index (χ3v) is 15.2. The van der Waals surface area contributed by atoms with Gasteiger partial charge in [0.05, 0.1) is 25.4 Å². The fourth-order valence-electron chi connectivity index (χ4n) is 10.3. The Morgan fingerprint density at radius 2 is 0.594 bits per heavy atom. The third kappa shape index (κ3) is 56.0. The van der Waals surface area contributed by atoms with Crippen LogP contribution < -0.4 is 5.32 Å². The molecule has 0 saturated carbocycles. The zero-order chi connectivity index (χ0) is 50.0. The molecule has 0 saturated heterocycles. The summed E-state index contributed by atoms with van der Waals surface area (Å²) in [5.74, 6) is -0.0113. The lowest BCUT2D eigenvalue weighted by atomic mass is 10.0. The molecule has 0 aromatic rings. The van der Waals surface area contributed by atoms with Gasteiger partial charge in [0.1, 0.15) is 0 Å². The molecule has 1 amide bonds. The monoisotopic (exact) mass is 976 g/mol. The summed E-state index contributed by atoms with van der Waals surface area (Å²) in [6.07, 6.45) is 69.9. The van der Waals surface area contributed by atoms with Gasteiger partial charge in [0.25, 0.3) is 0 Å². The van der Waals surface area contributed by atoms with Crippen LogP contribution in [-0.4, -0.2) is 47.4 Å². The maximum Gasteiger partial charge on any atom is 0.305 e. The van der Waals surface area contributed by atoms with Gasteiger partial charge in [-0.05, 0) is 25.7 Å². The normalized spacial score (nSPS) is 12.5. The summed E-state index contributed by atoms with van der Waals surface area (Å²) in [7, 11) is 0. The van der Waals surface area contributed by atoms with Crippen LogP contribution in [-0.2, 0) is 14.3 Å². The second-order valence-electron chi connectivity index (χ2n) is 22.1. The number of rotatable bonds is 60. The van der Waals surface area contributed by atoms with E-state index in [0.29, 0.717) is 25.9 Å². The molecule has 2 unspecified atom stereocenters. The summed E-state index contributed by atoms with van der Waals surface area (Å²) in [5.41, 5.74) is 0. The number of aliphatic hydroxyl groups excluding tert-OH is 2. The van der Waals surface area contributed by atoms with Crippen LogP contribution in [0.5, 0.6) is 0 Å². The second kappa shape index (κ2) is 59.4. The minimum atomic E-state index is -0.660. The van der Waals surface area contributed by atoms with Crippen LogP contribution >= 0.6 is 0 Å². The molecular formula is C63H125NO5. The Morgan fingerprint density at radius 3 is 0.884 bits per heavy atom. The summed E-state index contributed by atoms with van der Waals surface area (Å²) in [4.78, 5) is 24.5. The molecule has 2 atom stereocenters. The number of amides is 1. The van der Waals surface area contributed by atoms with Gasteiger partial charge in [0, 0.05) is 12.8 Å². The Hall–Kier alpha value is -1.14. The standard InChI is InChI=1S/C63H125NO5/c1-3-5-7-9-11-13-15-16-17-30-33-37-41-45-49-53-57-63(68)69-58-54-50-46-42-38-34-31-28-26-24-22-20-18-19-21-23-25-27-29-32-36-40-44-48-52-56-62(67)64-60(59-65)61(66)55-51-47-43-39-35-14-12-10-8-6-4-2/h60-61,65-66H,3-59H2,1-2H3,(H,64,67). The first kappa shape index (κ1) is 67.9. The molecule has 6 nitrogen and oxygen atoms in total. The van der Waals surface area contributed by atoms with E-state index in [-0.39, 0.29) is 18.5 Å². The predicted octanol–water partition coefficient (Wildman–Crippen LogP) is 19.9. The number of carbonyl (C=O) groups excluding carboxylic acids is 2. The van der Waals surface area contributed by atoms with Crippen molar-refractivity contribution < 1.29 is 24.5 Å². The molecule has 0 aromatic heterocycles. The van der Waals surface area contributed by atoms with Gasteiger partial charge in [0.2, 0.25) is 5.91 Å². The molecule has 412 valence electrons. The summed E-state index contributed by atoms with van der Waals surface area (Å²) in [6.45, 7) is 4.98.